The molecular weight excluding hydrogens is 264 g/mol. The summed E-state index contributed by atoms with van der Waals surface area (Å²) in [4.78, 5) is 6.39. The van der Waals surface area contributed by atoms with Crippen LogP contribution < -0.4 is 5.32 Å². The highest BCUT2D eigenvalue weighted by atomic mass is 32.1. The number of nitrogens with zero attached hydrogens (tertiary/aromatic N) is 1. The van der Waals surface area contributed by atoms with Crippen molar-refractivity contribution in [2.24, 2.45) is 0 Å². The Kier molecular flexibility index (Phi) is 3.90. The van der Waals surface area contributed by atoms with E-state index in [9.17, 15) is 0 Å². The van der Waals surface area contributed by atoms with Crippen molar-refractivity contribution in [1.29, 1.82) is 0 Å². The lowest BCUT2D eigenvalue weighted by Crippen LogP contribution is -2.06. The molecule has 2 nitrogen and oxygen atoms in total. The predicted octanol–water partition coefficient (Wildman–Crippen LogP) is 4.06. The first-order valence-electron chi connectivity index (χ1n) is 7.42. The first-order valence-corrected chi connectivity index (χ1v) is 8.24. The third-order valence-corrected chi connectivity index (χ3v) is 5.24. The van der Waals surface area contributed by atoms with E-state index in [1.165, 1.54) is 39.5 Å². The Bertz CT molecular complexity index is 601. The fourth-order valence-electron chi connectivity index (χ4n) is 3.08. The molecule has 1 aliphatic carbocycles. The zero-order valence-electron chi connectivity index (χ0n) is 12.4. The number of hydrogen-bond acceptors (Lipinski definition) is 3. The lowest BCUT2D eigenvalue weighted by molar-refractivity contribution is 0.744. The molecule has 1 aliphatic rings. The first kappa shape index (κ1) is 13.8. The van der Waals surface area contributed by atoms with Crippen molar-refractivity contribution in [3.63, 3.8) is 0 Å². The normalized spacial score (nSPS) is 17.7. The second-order valence-electron chi connectivity index (χ2n) is 5.84. The number of fused-ring (bicyclic) bond motifs is 1. The number of aryl methyl sites for hydroxylation is 1. The molecule has 1 unspecified atom stereocenters. The van der Waals surface area contributed by atoms with Gasteiger partial charge >= 0.3 is 0 Å². The van der Waals surface area contributed by atoms with Crippen molar-refractivity contribution in [1.82, 2.24) is 10.3 Å². The molecule has 0 saturated heterocycles. The quantitative estimate of drug-likeness (QED) is 0.916. The number of rotatable bonds is 4. The minimum Gasteiger partial charge on any atom is -0.315 e. The minimum atomic E-state index is 0.500. The Hall–Kier alpha value is -1.19. The molecule has 1 aromatic carbocycles. The second kappa shape index (κ2) is 5.66. The number of benzene rings is 1. The van der Waals surface area contributed by atoms with Gasteiger partial charge in [-0.05, 0) is 36.9 Å². The average Bonchev–Trinajstić information content (AvgIpc) is 3.02. The summed E-state index contributed by atoms with van der Waals surface area (Å²) in [5, 5.41) is 4.58. The first-order chi connectivity index (χ1) is 9.70. The molecule has 20 heavy (non-hydrogen) atoms. The van der Waals surface area contributed by atoms with E-state index in [4.69, 9.17) is 4.98 Å². The summed E-state index contributed by atoms with van der Waals surface area (Å²) in [5.41, 5.74) is 4.28. The largest absolute Gasteiger partial charge is 0.315 e. The van der Waals surface area contributed by atoms with Gasteiger partial charge in [0.15, 0.2) is 0 Å². The van der Waals surface area contributed by atoms with Crippen molar-refractivity contribution < 1.29 is 0 Å². The molecule has 106 valence electrons. The summed E-state index contributed by atoms with van der Waals surface area (Å²) in [6.07, 6.45) is 2.40. The second-order valence-corrected chi connectivity index (χ2v) is 6.95. The molecule has 1 N–H and O–H groups in total. The maximum absolute atomic E-state index is 4.99. The van der Waals surface area contributed by atoms with Gasteiger partial charge in [0, 0.05) is 17.3 Å². The van der Waals surface area contributed by atoms with Crippen LogP contribution in [0.2, 0.25) is 0 Å². The van der Waals surface area contributed by atoms with Crippen LogP contribution in [-0.4, -0.2) is 12.0 Å². The van der Waals surface area contributed by atoms with Crippen molar-refractivity contribution in [3.05, 3.63) is 51.0 Å². The SMILES string of the molecule is CNCc1sc(C2CCc3ccccc32)nc1C(C)C. The zero-order valence-corrected chi connectivity index (χ0v) is 13.3. The highest BCUT2D eigenvalue weighted by Crippen LogP contribution is 2.41. The fourth-order valence-corrected chi connectivity index (χ4v) is 4.47. The van der Waals surface area contributed by atoms with Gasteiger partial charge in [-0.25, -0.2) is 4.98 Å². The lowest BCUT2D eigenvalue weighted by Gasteiger charge is -2.07. The summed E-state index contributed by atoms with van der Waals surface area (Å²) in [5.74, 6) is 1.01. The van der Waals surface area contributed by atoms with E-state index in [0.29, 0.717) is 11.8 Å². The maximum Gasteiger partial charge on any atom is 0.101 e. The molecule has 1 aromatic heterocycles. The van der Waals surface area contributed by atoms with Gasteiger partial charge in [-0.15, -0.1) is 11.3 Å². The smallest absolute Gasteiger partial charge is 0.101 e. The molecule has 0 radical (unpaired) electrons. The highest BCUT2D eigenvalue weighted by Gasteiger charge is 2.27. The predicted molar refractivity (Wildman–Crippen MR) is 85.6 cm³/mol. The molecule has 0 fully saturated rings. The number of nitrogens with one attached hydrogen (secondary N) is 1. The Morgan fingerprint density at radius 2 is 2.15 bits per heavy atom. The van der Waals surface area contributed by atoms with E-state index in [0.717, 1.165) is 6.54 Å². The summed E-state index contributed by atoms with van der Waals surface area (Å²) >= 11 is 1.90. The van der Waals surface area contributed by atoms with Crippen molar-refractivity contribution in [2.45, 2.75) is 45.1 Å². The molecule has 0 amide bonds. The van der Waals surface area contributed by atoms with Crippen molar-refractivity contribution in [3.8, 4) is 0 Å². The van der Waals surface area contributed by atoms with Gasteiger partial charge in [0.2, 0.25) is 0 Å². The summed E-state index contributed by atoms with van der Waals surface area (Å²) in [6, 6.07) is 8.85. The van der Waals surface area contributed by atoms with Crippen LogP contribution in [0, 0.1) is 0 Å². The van der Waals surface area contributed by atoms with Crippen LogP contribution in [0.5, 0.6) is 0 Å². The lowest BCUT2D eigenvalue weighted by atomic mass is 10.0. The summed E-state index contributed by atoms with van der Waals surface area (Å²) < 4.78 is 0. The van der Waals surface area contributed by atoms with E-state index in [-0.39, 0.29) is 0 Å². The zero-order chi connectivity index (χ0) is 14.1. The van der Waals surface area contributed by atoms with E-state index in [1.807, 2.05) is 18.4 Å². The number of hydrogen-bond donors (Lipinski definition) is 1. The molecule has 1 heterocycles. The number of aromatic nitrogens is 1. The van der Waals surface area contributed by atoms with Gasteiger partial charge in [-0.1, -0.05) is 38.1 Å². The van der Waals surface area contributed by atoms with E-state index in [1.54, 1.807) is 0 Å². The van der Waals surface area contributed by atoms with E-state index in [2.05, 4.69) is 43.4 Å². The molecule has 3 rings (SSSR count). The Morgan fingerprint density at radius 3 is 2.90 bits per heavy atom. The van der Waals surface area contributed by atoms with Crippen LogP contribution in [-0.2, 0) is 13.0 Å². The molecule has 0 spiro atoms. The van der Waals surface area contributed by atoms with E-state index < -0.39 is 0 Å². The van der Waals surface area contributed by atoms with Crippen LogP contribution in [0.4, 0.5) is 0 Å². The van der Waals surface area contributed by atoms with Crippen LogP contribution in [0.1, 0.15) is 58.8 Å². The minimum absolute atomic E-state index is 0.500. The Balaban J connectivity index is 1.97. The van der Waals surface area contributed by atoms with Gasteiger partial charge < -0.3 is 5.32 Å². The van der Waals surface area contributed by atoms with Gasteiger partial charge in [-0.2, -0.15) is 0 Å². The van der Waals surface area contributed by atoms with Crippen LogP contribution in [0.25, 0.3) is 0 Å². The third-order valence-electron chi connectivity index (χ3n) is 4.06. The van der Waals surface area contributed by atoms with E-state index >= 15 is 0 Å². The molecule has 1 atom stereocenters. The van der Waals surface area contributed by atoms with Gasteiger partial charge in [0.05, 0.1) is 5.69 Å². The van der Waals surface area contributed by atoms with Crippen LogP contribution in [0.15, 0.2) is 24.3 Å². The maximum atomic E-state index is 4.99. The average molecular weight is 286 g/mol. The van der Waals surface area contributed by atoms with Crippen LogP contribution in [0.3, 0.4) is 0 Å². The molecule has 0 saturated carbocycles. The van der Waals surface area contributed by atoms with Crippen LogP contribution >= 0.6 is 11.3 Å². The third kappa shape index (κ3) is 2.40. The highest BCUT2D eigenvalue weighted by molar-refractivity contribution is 7.11. The molecule has 0 aliphatic heterocycles. The molecule has 0 bridgehead atoms. The standard InChI is InChI=1S/C17H22N2S/c1-11(2)16-15(10-18-3)20-17(19-16)14-9-8-12-6-4-5-7-13(12)14/h4-7,11,14,18H,8-10H2,1-3H3. The molecule has 2 aromatic rings. The summed E-state index contributed by atoms with van der Waals surface area (Å²) in [6.45, 7) is 5.40. The van der Waals surface area contributed by atoms with Gasteiger partial charge in [0.1, 0.15) is 5.01 Å². The van der Waals surface area contributed by atoms with Gasteiger partial charge in [-0.3, -0.25) is 0 Å². The van der Waals surface area contributed by atoms with Crippen molar-refractivity contribution >= 4 is 11.3 Å². The van der Waals surface area contributed by atoms with Gasteiger partial charge in [0.25, 0.3) is 0 Å². The topological polar surface area (TPSA) is 24.9 Å². The monoisotopic (exact) mass is 286 g/mol. The van der Waals surface area contributed by atoms with Crippen molar-refractivity contribution in [2.75, 3.05) is 7.05 Å². The Labute approximate surface area is 125 Å². The molecular formula is C17H22N2S. The fraction of sp³-hybridized carbons (Fsp3) is 0.471. The molecule has 3 heteroatoms. The summed E-state index contributed by atoms with van der Waals surface area (Å²) in [7, 11) is 2.01. The Morgan fingerprint density at radius 1 is 1.35 bits per heavy atom. The number of thiazole rings is 1.